The first-order valence-electron chi connectivity index (χ1n) is 11.3. The summed E-state index contributed by atoms with van der Waals surface area (Å²) in [6, 6.07) is 8.27. The Balaban J connectivity index is 1.40. The van der Waals surface area contributed by atoms with Gasteiger partial charge in [-0.15, -0.1) is 0 Å². The number of para-hydroxylation sites is 1. The SMILES string of the molecule is Cc1nc2c(C(N)=O)cnn2c(C)c1CCC(=O)NCc1ccccc1N1CCN(C)CC1. The number of hydrogen-bond acceptors (Lipinski definition) is 6. The molecule has 0 spiro atoms. The number of anilines is 1. The molecular formula is C24H31N7O2. The highest BCUT2D eigenvalue weighted by Gasteiger charge is 2.19. The van der Waals surface area contributed by atoms with Gasteiger partial charge in [0.05, 0.1) is 6.20 Å². The number of hydrogen-bond donors (Lipinski definition) is 2. The molecule has 0 saturated carbocycles. The Hall–Kier alpha value is -3.46. The van der Waals surface area contributed by atoms with Crippen molar-refractivity contribution >= 4 is 23.1 Å². The number of amides is 2. The van der Waals surface area contributed by atoms with Crippen LogP contribution in [0.3, 0.4) is 0 Å². The lowest BCUT2D eigenvalue weighted by atomic mass is 10.1. The first-order valence-corrected chi connectivity index (χ1v) is 11.3. The summed E-state index contributed by atoms with van der Waals surface area (Å²) in [5.74, 6) is -0.569. The highest BCUT2D eigenvalue weighted by Crippen LogP contribution is 2.22. The lowest BCUT2D eigenvalue weighted by Crippen LogP contribution is -2.45. The zero-order valence-corrected chi connectivity index (χ0v) is 19.5. The number of nitrogens with two attached hydrogens (primary N) is 1. The topological polar surface area (TPSA) is 109 Å². The van der Waals surface area contributed by atoms with Crippen LogP contribution in [0.4, 0.5) is 5.69 Å². The molecule has 2 aromatic heterocycles. The summed E-state index contributed by atoms with van der Waals surface area (Å²) in [7, 11) is 2.14. The minimum atomic E-state index is -0.555. The Morgan fingerprint density at radius 1 is 1.12 bits per heavy atom. The van der Waals surface area contributed by atoms with E-state index in [0.717, 1.165) is 48.7 Å². The third-order valence-corrected chi connectivity index (χ3v) is 6.39. The highest BCUT2D eigenvalue weighted by atomic mass is 16.1. The standard InChI is InChI=1S/C24H31N7O2/c1-16-19(17(2)31-24(28-16)20(15-27-31)23(25)33)8-9-22(32)26-14-18-6-4-5-7-21(18)30-12-10-29(3)11-13-30/h4-7,15H,8-14H2,1-3H3,(H2,25,33)(H,26,32). The second-order valence-corrected chi connectivity index (χ2v) is 8.61. The summed E-state index contributed by atoms with van der Waals surface area (Å²) in [6.45, 7) is 8.34. The second-order valence-electron chi connectivity index (χ2n) is 8.61. The van der Waals surface area contributed by atoms with Gasteiger partial charge in [0.2, 0.25) is 5.91 Å². The maximum atomic E-state index is 12.7. The average Bonchev–Trinajstić information content (AvgIpc) is 3.22. The van der Waals surface area contributed by atoms with Gasteiger partial charge >= 0.3 is 0 Å². The van der Waals surface area contributed by atoms with Gasteiger partial charge in [-0.3, -0.25) is 9.59 Å². The van der Waals surface area contributed by atoms with Gasteiger partial charge in [-0.1, -0.05) is 18.2 Å². The Morgan fingerprint density at radius 3 is 2.58 bits per heavy atom. The molecule has 9 heteroatoms. The van der Waals surface area contributed by atoms with Crippen molar-refractivity contribution in [1.82, 2.24) is 24.8 Å². The van der Waals surface area contributed by atoms with Crippen molar-refractivity contribution in [1.29, 1.82) is 0 Å². The third kappa shape index (κ3) is 4.83. The Morgan fingerprint density at radius 2 is 1.85 bits per heavy atom. The molecule has 3 heterocycles. The number of nitrogens with one attached hydrogen (secondary N) is 1. The van der Waals surface area contributed by atoms with Gasteiger partial charge in [0.25, 0.3) is 5.91 Å². The summed E-state index contributed by atoms with van der Waals surface area (Å²) >= 11 is 0. The second kappa shape index (κ2) is 9.58. The quantitative estimate of drug-likeness (QED) is 0.565. The van der Waals surface area contributed by atoms with Gasteiger partial charge in [-0.2, -0.15) is 5.10 Å². The number of aryl methyl sites for hydroxylation is 2. The van der Waals surface area contributed by atoms with Gasteiger partial charge < -0.3 is 20.9 Å². The molecule has 0 atom stereocenters. The number of nitrogens with zero attached hydrogens (tertiary/aromatic N) is 5. The molecule has 1 aliphatic heterocycles. The molecule has 1 aliphatic rings. The number of carbonyl (C=O) groups is 2. The van der Waals surface area contributed by atoms with Crippen molar-refractivity contribution in [2.24, 2.45) is 5.73 Å². The van der Waals surface area contributed by atoms with E-state index < -0.39 is 5.91 Å². The first-order chi connectivity index (χ1) is 15.8. The molecule has 0 radical (unpaired) electrons. The van der Waals surface area contributed by atoms with E-state index in [9.17, 15) is 9.59 Å². The minimum absolute atomic E-state index is 0.0135. The molecular weight excluding hydrogens is 418 g/mol. The Kier molecular flexibility index (Phi) is 6.60. The van der Waals surface area contributed by atoms with Crippen LogP contribution in [0.15, 0.2) is 30.5 Å². The lowest BCUT2D eigenvalue weighted by Gasteiger charge is -2.35. The normalized spacial score (nSPS) is 14.6. The summed E-state index contributed by atoms with van der Waals surface area (Å²) in [6.07, 6.45) is 2.32. The fourth-order valence-corrected chi connectivity index (χ4v) is 4.38. The summed E-state index contributed by atoms with van der Waals surface area (Å²) in [5, 5.41) is 7.32. The van der Waals surface area contributed by atoms with Gasteiger partial charge in [-0.25, -0.2) is 9.50 Å². The zero-order chi connectivity index (χ0) is 23.5. The maximum Gasteiger partial charge on any atom is 0.254 e. The predicted octanol–water partition coefficient (Wildman–Crippen LogP) is 1.45. The molecule has 1 aromatic carbocycles. The van der Waals surface area contributed by atoms with Crippen LogP contribution in [0, 0.1) is 13.8 Å². The van der Waals surface area contributed by atoms with Crippen molar-refractivity contribution < 1.29 is 9.59 Å². The summed E-state index contributed by atoms with van der Waals surface area (Å²) in [5.41, 5.74) is 11.1. The number of benzene rings is 1. The molecule has 1 fully saturated rings. The minimum Gasteiger partial charge on any atom is -0.369 e. The van der Waals surface area contributed by atoms with E-state index in [4.69, 9.17) is 5.73 Å². The Labute approximate surface area is 193 Å². The number of rotatable bonds is 7. The van der Waals surface area contributed by atoms with Gasteiger partial charge in [0, 0.05) is 56.2 Å². The van der Waals surface area contributed by atoms with Crippen molar-refractivity contribution in [3.05, 3.63) is 58.5 Å². The van der Waals surface area contributed by atoms with E-state index in [1.165, 1.54) is 11.9 Å². The van der Waals surface area contributed by atoms with Crippen LogP contribution >= 0.6 is 0 Å². The van der Waals surface area contributed by atoms with Crippen molar-refractivity contribution in [2.45, 2.75) is 33.2 Å². The molecule has 0 bridgehead atoms. The van der Waals surface area contributed by atoms with Gasteiger partial charge in [0.1, 0.15) is 5.56 Å². The molecule has 0 aliphatic carbocycles. The van der Waals surface area contributed by atoms with Crippen LogP contribution in [-0.2, 0) is 17.8 Å². The highest BCUT2D eigenvalue weighted by molar-refractivity contribution is 5.98. The number of fused-ring (bicyclic) bond motifs is 1. The third-order valence-electron chi connectivity index (χ3n) is 6.39. The molecule has 1 saturated heterocycles. The fraction of sp³-hybridized carbons (Fsp3) is 0.417. The molecule has 2 amide bonds. The summed E-state index contributed by atoms with van der Waals surface area (Å²) < 4.78 is 1.62. The molecule has 3 aromatic rings. The van der Waals surface area contributed by atoms with Crippen molar-refractivity contribution in [3.8, 4) is 0 Å². The van der Waals surface area contributed by atoms with Gasteiger partial charge in [0.15, 0.2) is 5.65 Å². The Bertz CT molecular complexity index is 1180. The van der Waals surface area contributed by atoms with Crippen LogP contribution < -0.4 is 16.0 Å². The number of primary amides is 1. The number of piperazine rings is 1. The maximum absolute atomic E-state index is 12.7. The van der Waals surface area contributed by atoms with Gasteiger partial charge in [-0.05, 0) is 44.5 Å². The first kappa shape index (κ1) is 22.7. The smallest absolute Gasteiger partial charge is 0.254 e. The molecule has 174 valence electrons. The zero-order valence-electron chi connectivity index (χ0n) is 19.5. The van der Waals surface area contributed by atoms with E-state index in [0.29, 0.717) is 30.6 Å². The van der Waals surface area contributed by atoms with Crippen LogP contribution in [0.1, 0.15) is 39.3 Å². The molecule has 9 nitrogen and oxygen atoms in total. The van der Waals surface area contributed by atoms with Crippen LogP contribution in [0.5, 0.6) is 0 Å². The molecule has 33 heavy (non-hydrogen) atoms. The molecule has 0 unspecified atom stereocenters. The van der Waals surface area contributed by atoms with E-state index in [-0.39, 0.29) is 5.91 Å². The number of likely N-dealkylation sites (N-methyl/N-ethyl adjacent to an activating group) is 1. The van der Waals surface area contributed by atoms with E-state index >= 15 is 0 Å². The number of aromatic nitrogens is 3. The van der Waals surface area contributed by atoms with E-state index in [1.807, 2.05) is 26.0 Å². The van der Waals surface area contributed by atoms with Crippen LogP contribution in [0.2, 0.25) is 0 Å². The molecule has 4 rings (SSSR count). The van der Waals surface area contributed by atoms with E-state index in [2.05, 4.69) is 44.4 Å². The average molecular weight is 450 g/mol. The summed E-state index contributed by atoms with van der Waals surface area (Å²) in [4.78, 5) is 33.5. The number of carbonyl (C=O) groups excluding carboxylic acids is 2. The fourth-order valence-electron chi connectivity index (χ4n) is 4.38. The lowest BCUT2D eigenvalue weighted by molar-refractivity contribution is -0.121. The van der Waals surface area contributed by atoms with Crippen molar-refractivity contribution in [3.63, 3.8) is 0 Å². The monoisotopic (exact) mass is 449 g/mol. The molecule has 3 N–H and O–H groups in total. The predicted molar refractivity (Wildman–Crippen MR) is 127 cm³/mol. The van der Waals surface area contributed by atoms with E-state index in [1.54, 1.807) is 4.52 Å². The van der Waals surface area contributed by atoms with Crippen molar-refractivity contribution in [2.75, 3.05) is 38.1 Å². The van der Waals surface area contributed by atoms with Crippen LogP contribution in [0.25, 0.3) is 5.65 Å². The largest absolute Gasteiger partial charge is 0.369 e. The van der Waals surface area contributed by atoms with Crippen LogP contribution in [-0.4, -0.2) is 64.5 Å².